The molecule has 2 rings (SSSR count). The van der Waals surface area contributed by atoms with Gasteiger partial charge in [-0.3, -0.25) is 0 Å². The molecule has 0 saturated carbocycles. The van der Waals surface area contributed by atoms with E-state index in [2.05, 4.69) is 23.7 Å². The molecule has 0 aliphatic rings. The van der Waals surface area contributed by atoms with Gasteiger partial charge >= 0.3 is 0 Å². The summed E-state index contributed by atoms with van der Waals surface area (Å²) < 4.78 is 5.34. The second-order valence-corrected chi connectivity index (χ2v) is 4.76. The lowest BCUT2D eigenvalue weighted by molar-refractivity contribution is 0.523. The van der Waals surface area contributed by atoms with Crippen LogP contribution in [-0.2, 0) is 0 Å². The molecule has 2 heterocycles. The lowest BCUT2D eigenvalue weighted by atomic mass is 10.0. The van der Waals surface area contributed by atoms with E-state index in [0.29, 0.717) is 0 Å². The number of hydrogen-bond acceptors (Lipinski definition) is 3. The van der Waals surface area contributed by atoms with Crippen molar-refractivity contribution < 1.29 is 4.42 Å². The largest absolute Gasteiger partial charge is 0.469 e. The summed E-state index contributed by atoms with van der Waals surface area (Å²) in [5, 5.41) is 5.52. The summed E-state index contributed by atoms with van der Waals surface area (Å²) in [7, 11) is 1.98. The highest BCUT2D eigenvalue weighted by Crippen LogP contribution is 2.28. The molecule has 2 aromatic heterocycles. The maximum Gasteiger partial charge on any atom is 0.105 e. The van der Waals surface area contributed by atoms with Crippen molar-refractivity contribution in [2.75, 3.05) is 7.05 Å². The molecule has 1 N–H and O–H groups in total. The van der Waals surface area contributed by atoms with Gasteiger partial charge in [0.05, 0.1) is 12.3 Å². The smallest absolute Gasteiger partial charge is 0.105 e. The van der Waals surface area contributed by atoms with Crippen LogP contribution in [0.5, 0.6) is 0 Å². The Morgan fingerprint density at radius 3 is 2.67 bits per heavy atom. The van der Waals surface area contributed by atoms with Gasteiger partial charge in [0, 0.05) is 10.4 Å². The van der Waals surface area contributed by atoms with Gasteiger partial charge in [-0.05, 0) is 44.0 Å². The van der Waals surface area contributed by atoms with Crippen molar-refractivity contribution in [3.63, 3.8) is 0 Å². The maximum atomic E-state index is 5.34. The molecule has 15 heavy (non-hydrogen) atoms. The first-order valence-corrected chi connectivity index (χ1v) is 5.86. The van der Waals surface area contributed by atoms with Gasteiger partial charge in [-0.2, -0.15) is 0 Å². The van der Waals surface area contributed by atoms with Crippen molar-refractivity contribution in [3.05, 3.63) is 45.5 Å². The second-order valence-electron chi connectivity index (χ2n) is 3.64. The van der Waals surface area contributed by atoms with E-state index in [1.807, 2.05) is 20.0 Å². The lowest BCUT2D eigenvalue weighted by Gasteiger charge is -2.13. The van der Waals surface area contributed by atoms with Gasteiger partial charge < -0.3 is 9.73 Å². The number of nitrogens with one attached hydrogen (secondary N) is 1. The lowest BCUT2D eigenvalue weighted by Crippen LogP contribution is -2.17. The molecule has 1 unspecified atom stereocenters. The van der Waals surface area contributed by atoms with Gasteiger partial charge in [0.1, 0.15) is 5.76 Å². The SMILES string of the molecule is CNC(c1csc(C)c1)c1ccoc1C. The molecule has 80 valence electrons. The summed E-state index contributed by atoms with van der Waals surface area (Å²) in [4.78, 5) is 1.34. The van der Waals surface area contributed by atoms with E-state index in [1.165, 1.54) is 16.0 Å². The third-order valence-electron chi connectivity index (χ3n) is 2.58. The molecule has 0 saturated heterocycles. The summed E-state index contributed by atoms with van der Waals surface area (Å²) in [6.07, 6.45) is 1.74. The molecule has 2 nitrogen and oxygen atoms in total. The molecule has 0 spiro atoms. The van der Waals surface area contributed by atoms with E-state index >= 15 is 0 Å². The highest BCUT2D eigenvalue weighted by Gasteiger charge is 2.16. The van der Waals surface area contributed by atoms with Gasteiger partial charge in [-0.15, -0.1) is 11.3 Å². The minimum Gasteiger partial charge on any atom is -0.469 e. The summed E-state index contributed by atoms with van der Waals surface area (Å²) >= 11 is 1.78. The molecular formula is C12H15NOS. The van der Waals surface area contributed by atoms with Crippen LogP contribution in [0.2, 0.25) is 0 Å². The Bertz CT molecular complexity index is 444. The van der Waals surface area contributed by atoms with E-state index in [-0.39, 0.29) is 6.04 Å². The first-order chi connectivity index (χ1) is 7.22. The zero-order valence-electron chi connectivity index (χ0n) is 9.20. The molecule has 0 bridgehead atoms. The van der Waals surface area contributed by atoms with Crippen LogP contribution in [0.1, 0.15) is 27.8 Å². The average Bonchev–Trinajstić information content (AvgIpc) is 2.79. The molecule has 0 aliphatic carbocycles. The van der Waals surface area contributed by atoms with Crippen molar-refractivity contribution in [2.24, 2.45) is 0 Å². The zero-order chi connectivity index (χ0) is 10.8. The number of thiophene rings is 1. The van der Waals surface area contributed by atoms with Crippen molar-refractivity contribution in [2.45, 2.75) is 19.9 Å². The van der Waals surface area contributed by atoms with Crippen molar-refractivity contribution >= 4 is 11.3 Å². The summed E-state index contributed by atoms with van der Waals surface area (Å²) in [5.41, 5.74) is 2.53. The van der Waals surface area contributed by atoms with Crippen LogP contribution >= 0.6 is 11.3 Å². The third-order valence-corrected chi connectivity index (χ3v) is 3.46. The van der Waals surface area contributed by atoms with E-state index in [0.717, 1.165) is 5.76 Å². The van der Waals surface area contributed by atoms with Crippen LogP contribution in [0.4, 0.5) is 0 Å². The minimum atomic E-state index is 0.244. The van der Waals surface area contributed by atoms with Gasteiger partial charge in [0.15, 0.2) is 0 Å². The van der Waals surface area contributed by atoms with Gasteiger partial charge in [0.2, 0.25) is 0 Å². The summed E-state index contributed by atoms with van der Waals surface area (Å²) in [6.45, 7) is 4.13. The van der Waals surface area contributed by atoms with E-state index < -0.39 is 0 Å². The highest BCUT2D eigenvalue weighted by molar-refractivity contribution is 7.10. The molecule has 0 amide bonds. The number of rotatable bonds is 3. The Kier molecular flexibility index (Phi) is 2.93. The number of furan rings is 1. The van der Waals surface area contributed by atoms with Crippen molar-refractivity contribution in [3.8, 4) is 0 Å². The Labute approximate surface area is 93.9 Å². The molecule has 0 aromatic carbocycles. The molecule has 2 aromatic rings. The number of hydrogen-bond donors (Lipinski definition) is 1. The van der Waals surface area contributed by atoms with Crippen LogP contribution in [0.3, 0.4) is 0 Å². The van der Waals surface area contributed by atoms with Crippen LogP contribution in [0, 0.1) is 13.8 Å². The predicted molar refractivity (Wildman–Crippen MR) is 63.4 cm³/mol. The Hall–Kier alpha value is -1.06. The fourth-order valence-electron chi connectivity index (χ4n) is 1.81. The molecule has 0 radical (unpaired) electrons. The molecule has 0 aliphatic heterocycles. The highest BCUT2D eigenvalue weighted by atomic mass is 32.1. The summed E-state index contributed by atoms with van der Waals surface area (Å²) in [5.74, 6) is 0.984. The van der Waals surface area contributed by atoms with Crippen LogP contribution in [0.15, 0.2) is 28.2 Å². The van der Waals surface area contributed by atoms with Gasteiger partial charge in [-0.25, -0.2) is 0 Å². The van der Waals surface area contributed by atoms with Gasteiger partial charge in [0.25, 0.3) is 0 Å². The standard InChI is InChI=1S/C12H15NOS/c1-8-6-10(7-15-8)12(13-3)11-4-5-14-9(11)2/h4-7,12-13H,1-3H3. The first-order valence-electron chi connectivity index (χ1n) is 4.98. The van der Waals surface area contributed by atoms with Crippen molar-refractivity contribution in [1.29, 1.82) is 0 Å². The van der Waals surface area contributed by atoms with E-state index in [1.54, 1.807) is 17.6 Å². The second kappa shape index (κ2) is 4.21. The predicted octanol–water partition coefficient (Wildman–Crippen LogP) is 3.27. The van der Waals surface area contributed by atoms with Crippen LogP contribution in [-0.4, -0.2) is 7.05 Å². The Morgan fingerprint density at radius 1 is 1.40 bits per heavy atom. The third kappa shape index (κ3) is 1.98. The molecule has 1 atom stereocenters. The topological polar surface area (TPSA) is 25.2 Å². The summed E-state index contributed by atoms with van der Waals surface area (Å²) in [6, 6.07) is 4.50. The molecule has 3 heteroatoms. The Balaban J connectivity index is 2.36. The van der Waals surface area contributed by atoms with E-state index in [4.69, 9.17) is 4.42 Å². The monoisotopic (exact) mass is 221 g/mol. The number of aryl methyl sites for hydroxylation is 2. The van der Waals surface area contributed by atoms with Crippen LogP contribution < -0.4 is 5.32 Å². The van der Waals surface area contributed by atoms with Gasteiger partial charge in [-0.1, -0.05) is 0 Å². The molecule has 0 fully saturated rings. The quantitative estimate of drug-likeness (QED) is 0.860. The van der Waals surface area contributed by atoms with Crippen molar-refractivity contribution in [1.82, 2.24) is 5.32 Å². The average molecular weight is 221 g/mol. The first kappa shape index (κ1) is 10.5. The molecular weight excluding hydrogens is 206 g/mol. The zero-order valence-corrected chi connectivity index (χ0v) is 10.0. The minimum absolute atomic E-state index is 0.244. The fraction of sp³-hybridized carbons (Fsp3) is 0.333. The normalized spacial score (nSPS) is 13.0. The van der Waals surface area contributed by atoms with E-state index in [9.17, 15) is 0 Å². The van der Waals surface area contributed by atoms with Crippen LogP contribution in [0.25, 0.3) is 0 Å². The fourth-order valence-corrected chi connectivity index (χ4v) is 2.54. The maximum absolute atomic E-state index is 5.34. The Morgan fingerprint density at radius 2 is 2.20 bits per heavy atom.